The highest BCUT2D eigenvalue weighted by Crippen LogP contribution is 2.22. The van der Waals surface area contributed by atoms with E-state index in [1.54, 1.807) is 47.4 Å². The van der Waals surface area contributed by atoms with Gasteiger partial charge in [0.1, 0.15) is 5.75 Å². The molecule has 0 unspecified atom stereocenters. The van der Waals surface area contributed by atoms with Crippen molar-refractivity contribution in [1.29, 1.82) is 0 Å². The number of ketones is 1. The average Bonchev–Trinajstić information content (AvgIpc) is 3.11. The molecule has 0 aromatic heterocycles. The molecule has 0 aliphatic carbocycles. The number of benzene rings is 2. The lowest BCUT2D eigenvalue weighted by Crippen LogP contribution is -2.23. The van der Waals surface area contributed by atoms with Gasteiger partial charge in [0.05, 0.1) is 0 Å². The lowest BCUT2D eigenvalue weighted by molar-refractivity contribution is -0.144. The van der Waals surface area contributed by atoms with Crippen LogP contribution in [-0.4, -0.2) is 37.4 Å². The van der Waals surface area contributed by atoms with Crippen molar-refractivity contribution in [2.24, 2.45) is 0 Å². The minimum Gasteiger partial charge on any atom is -0.482 e. The standard InChI is InChI=1S/C21H20ClNO5/c1-14-11-16(22)6-9-19(14)27-13-21(26)28-12-18(24)15-4-7-17(8-5-15)23-10-2-3-20(23)25/h4-9,11H,2-3,10,12-13H2,1H3. The molecule has 1 aliphatic rings. The van der Waals surface area contributed by atoms with Gasteiger partial charge in [-0.15, -0.1) is 0 Å². The molecule has 0 spiro atoms. The minimum absolute atomic E-state index is 0.0870. The fourth-order valence-electron chi connectivity index (χ4n) is 2.93. The third-order valence-electron chi connectivity index (χ3n) is 4.42. The van der Waals surface area contributed by atoms with Crippen LogP contribution in [0.5, 0.6) is 5.75 Å². The number of hydrogen-bond acceptors (Lipinski definition) is 5. The number of hydrogen-bond donors (Lipinski definition) is 0. The van der Waals surface area contributed by atoms with Crippen molar-refractivity contribution in [3.05, 3.63) is 58.6 Å². The van der Waals surface area contributed by atoms with Crippen molar-refractivity contribution in [2.75, 3.05) is 24.7 Å². The van der Waals surface area contributed by atoms with Gasteiger partial charge in [0.15, 0.2) is 19.0 Å². The number of carbonyl (C=O) groups is 3. The molecule has 3 rings (SSSR count). The van der Waals surface area contributed by atoms with Crippen LogP contribution in [-0.2, 0) is 14.3 Å². The number of nitrogens with zero attached hydrogens (tertiary/aromatic N) is 1. The number of anilines is 1. The van der Waals surface area contributed by atoms with Gasteiger partial charge >= 0.3 is 5.97 Å². The molecule has 6 nitrogen and oxygen atoms in total. The predicted octanol–water partition coefficient (Wildman–Crippen LogP) is 3.58. The maximum absolute atomic E-state index is 12.2. The van der Waals surface area contributed by atoms with E-state index < -0.39 is 5.97 Å². The van der Waals surface area contributed by atoms with Crippen molar-refractivity contribution in [1.82, 2.24) is 0 Å². The molecule has 1 fully saturated rings. The van der Waals surface area contributed by atoms with E-state index >= 15 is 0 Å². The van der Waals surface area contributed by atoms with E-state index in [0.29, 0.717) is 29.3 Å². The molecule has 2 aromatic carbocycles. The Labute approximate surface area is 168 Å². The van der Waals surface area contributed by atoms with Crippen molar-refractivity contribution in [2.45, 2.75) is 19.8 Å². The first-order valence-electron chi connectivity index (χ1n) is 8.92. The summed E-state index contributed by atoms with van der Waals surface area (Å²) in [5.74, 6) is -0.346. The van der Waals surface area contributed by atoms with Crippen molar-refractivity contribution in [3.63, 3.8) is 0 Å². The number of Topliss-reactive ketones (excluding diaryl/α,β-unsaturated/α-hetero) is 1. The van der Waals surface area contributed by atoms with E-state index in [4.69, 9.17) is 21.1 Å². The van der Waals surface area contributed by atoms with Crippen molar-refractivity contribution < 1.29 is 23.9 Å². The fraction of sp³-hybridized carbons (Fsp3) is 0.286. The van der Waals surface area contributed by atoms with Gasteiger partial charge in [0, 0.05) is 29.2 Å². The largest absolute Gasteiger partial charge is 0.482 e. The second-order valence-corrected chi connectivity index (χ2v) is 6.91. The topological polar surface area (TPSA) is 72.9 Å². The smallest absolute Gasteiger partial charge is 0.344 e. The average molecular weight is 402 g/mol. The zero-order chi connectivity index (χ0) is 20.1. The van der Waals surface area contributed by atoms with Crippen LogP contribution in [0, 0.1) is 6.92 Å². The summed E-state index contributed by atoms with van der Waals surface area (Å²) in [4.78, 5) is 37.5. The van der Waals surface area contributed by atoms with Crippen LogP contribution >= 0.6 is 11.6 Å². The van der Waals surface area contributed by atoms with Crippen LogP contribution < -0.4 is 9.64 Å². The number of carbonyl (C=O) groups excluding carboxylic acids is 3. The Bertz CT molecular complexity index is 894. The van der Waals surface area contributed by atoms with Gasteiger partial charge in [-0.1, -0.05) is 11.6 Å². The number of rotatable bonds is 7. The number of ether oxygens (including phenoxy) is 2. The van der Waals surface area contributed by atoms with Crippen LogP contribution in [0.3, 0.4) is 0 Å². The molecular formula is C21H20ClNO5. The van der Waals surface area contributed by atoms with Gasteiger partial charge in [-0.3, -0.25) is 9.59 Å². The molecule has 2 aromatic rings. The summed E-state index contributed by atoms with van der Waals surface area (Å²) in [5.41, 5.74) is 1.98. The summed E-state index contributed by atoms with van der Waals surface area (Å²) in [5, 5.41) is 0.582. The molecule has 28 heavy (non-hydrogen) atoms. The molecule has 146 valence electrons. The van der Waals surface area contributed by atoms with Crippen LogP contribution in [0.4, 0.5) is 5.69 Å². The van der Waals surface area contributed by atoms with Crippen molar-refractivity contribution >= 4 is 34.9 Å². The van der Waals surface area contributed by atoms with Crippen LogP contribution in [0.2, 0.25) is 5.02 Å². The summed E-state index contributed by atoms with van der Waals surface area (Å²) >= 11 is 5.87. The summed E-state index contributed by atoms with van der Waals surface area (Å²) in [6.07, 6.45) is 1.39. The van der Waals surface area contributed by atoms with E-state index in [1.807, 2.05) is 6.92 Å². The van der Waals surface area contributed by atoms with E-state index in [2.05, 4.69) is 0 Å². The Morgan fingerprint density at radius 3 is 2.50 bits per heavy atom. The third kappa shape index (κ3) is 4.89. The highest BCUT2D eigenvalue weighted by molar-refractivity contribution is 6.30. The van der Waals surface area contributed by atoms with E-state index in [0.717, 1.165) is 17.7 Å². The molecule has 1 heterocycles. The van der Waals surface area contributed by atoms with Crippen LogP contribution in [0.1, 0.15) is 28.8 Å². The number of esters is 1. The normalized spacial score (nSPS) is 13.5. The second-order valence-electron chi connectivity index (χ2n) is 6.48. The predicted molar refractivity (Wildman–Crippen MR) is 105 cm³/mol. The Morgan fingerprint density at radius 2 is 1.86 bits per heavy atom. The highest BCUT2D eigenvalue weighted by atomic mass is 35.5. The Balaban J connectivity index is 1.48. The lowest BCUT2D eigenvalue weighted by Gasteiger charge is -2.15. The number of amides is 1. The quantitative estimate of drug-likeness (QED) is 0.523. The lowest BCUT2D eigenvalue weighted by atomic mass is 10.1. The first kappa shape index (κ1) is 19.9. The van der Waals surface area contributed by atoms with Crippen LogP contribution in [0.25, 0.3) is 0 Å². The van der Waals surface area contributed by atoms with Crippen molar-refractivity contribution in [3.8, 4) is 5.75 Å². The molecule has 1 aliphatic heterocycles. The molecule has 7 heteroatoms. The van der Waals surface area contributed by atoms with Gasteiger partial charge in [-0.05, 0) is 61.4 Å². The molecule has 0 N–H and O–H groups in total. The zero-order valence-corrected chi connectivity index (χ0v) is 16.2. The maximum atomic E-state index is 12.2. The molecule has 0 saturated carbocycles. The SMILES string of the molecule is Cc1cc(Cl)ccc1OCC(=O)OCC(=O)c1ccc(N2CCCC2=O)cc1. The molecule has 1 amide bonds. The van der Waals surface area contributed by atoms with Gasteiger partial charge in [-0.2, -0.15) is 0 Å². The highest BCUT2D eigenvalue weighted by Gasteiger charge is 2.21. The fourth-order valence-corrected chi connectivity index (χ4v) is 3.16. The number of halogens is 1. The van der Waals surface area contributed by atoms with Crippen LogP contribution in [0.15, 0.2) is 42.5 Å². The molecular weight excluding hydrogens is 382 g/mol. The Hall–Kier alpha value is -2.86. The monoisotopic (exact) mass is 401 g/mol. The summed E-state index contributed by atoms with van der Waals surface area (Å²) in [7, 11) is 0. The zero-order valence-electron chi connectivity index (χ0n) is 15.4. The van der Waals surface area contributed by atoms with Gasteiger partial charge in [-0.25, -0.2) is 4.79 Å². The van der Waals surface area contributed by atoms with E-state index in [9.17, 15) is 14.4 Å². The maximum Gasteiger partial charge on any atom is 0.344 e. The first-order chi connectivity index (χ1) is 13.4. The van der Waals surface area contributed by atoms with Gasteiger partial charge in [0.2, 0.25) is 5.91 Å². The molecule has 0 radical (unpaired) electrons. The van der Waals surface area contributed by atoms with Gasteiger partial charge in [0.25, 0.3) is 0 Å². The second kappa shape index (κ2) is 8.89. The van der Waals surface area contributed by atoms with Gasteiger partial charge < -0.3 is 14.4 Å². The third-order valence-corrected chi connectivity index (χ3v) is 4.66. The van der Waals surface area contributed by atoms with E-state index in [1.165, 1.54) is 0 Å². The first-order valence-corrected chi connectivity index (χ1v) is 9.30. The summed E-state index contributed by atoms with van der Waals surface area (Å²) < 4.78 is 10.4. The summed E-state index contributed by atoms with van der Waals surface area (Å²) in [6.45, 7) is 1.84. The molecule has 0 atom stereocenters. The Morgan fingerprint density at radius 1 is 1.11 bits per heavy atom. The minimum atomic E-state index is -0.637. The number of aryl methyl sites for hydroxylation is 1. The molecule has 0 bridgehead atoms. The summed E-state index contributed by atoms with van der Waals surface area (Å²) in [6, 6.07) is 11.8. The Kier molecular flexibility index (Phi) is 6.31. The molecule has 1 saturated heterocycles. The van der Waals surface area contributed by atoms with E-state index in [-0.39, 0.29) is 24.9 Å².